The number of methoxy groups -OCH3 is 1. The Morgan fingerprint density at radius 2 is 1.77 bits per heavy atom. The van der Waals surface area contributed by atoms with Crippen LogP contribution in [0, 0.1) is 13.8 Å². The molecule has 0 aliphatic rings. The number of carbonyl (C=O) groups is 2. The first-order chi connectivity index (χ1) is 12.4. The summed E-state index contributed by atoms with van der Waals surface area (Å²) in [5.74, 6) is 0.621. The zero-order valence-electron chi connectivity index (χ0n) is 15.8. The van der Waals surface area contributed by atoms with E-state index in [1.165, 1.54) is 6.92 Å². The Morgan fingerprint density at radius 1 is 1.08 bits per heavy atom. The zero-order chi connectivity index (χ0) is 19.1. The fraction of sp³-hybridized carbons (Fsp3) is 0.333. The summed E-state index contributed by atoms with van der Waals surface area (Å²) in [5.41, 5.74) is 3.93. The summed E-state index contributed by atoms with van der Waals surface area (Å²) in [5, 5.41) is 2.93. The summed E-state index contributed by atoms with van der Waals surface area (Å²) in [6.45, 7) is 6.31. The second-order valence-corrected chi connectivity index (χ2v) is 6.41. The van der Waals surface area contributed by atoms with E-state index in [4.69, 9.17) is 4.74 Å². The second-order valence-electron chi connectivity index (χ2n) is 6.41. The first-order valence-electron chi connectivity index (χ1n) is 8.64. The summed E-state index contributed by atoms with van der Waals surface area (Å²) in [7, 11) is 1.62. The van der Waals surface area contributed by atoms with E-state index in [0.717, 1.165) is 28.1 Å². The van der Waals surface area contributed by atoms with E-state index >= 15 is 0 Å². The normalized spacial score (nSPS) is 10.3. The number of benzene rings is 2. The summed E-state index contributed by atoms with van der Waals surface area (Å²) in [6.07, 6.45) is 0.253. The smallest absolute Gasteiger partial charge is 0.226 e. The van der Waals surface area contributed by atoms with Crippen molar-refractivity contribution in [1.29, 1.82) is 0 Å². The molecule has 138 valence electrons. The van der Waals surface area contributed by atoms with E-state index < -0.39 is 0 Å². The largest absolute Gasteiger partial charge is 0.497 e. The third-order valence-corrected chi connectivity index (χ3v) is 4.25. The summed E-state index contributed by atoms with van der Waals surface area (Å²) < 4.78 is 5.14. The highest BCUT2D eigenvalue weighted by atomic mass is 16.5. The standard InChI is InChI=1S/C21H26N2O3/c1-15-5-6-16(2)20(13-15)22-21(25)11-12-23(17(3)24)14-18-7-9-19(26-4)10-8-18/h5-10,13H,11-12,14H2,1-4H3,(H,22,25). The maximum absolute atomic E-state index is 12.3. The van der Waals surface area contributed by atoms with Crippen molar-refractivity contribution in [3.63, 3.8) is 0 Å². The Hall–Kier alpha value is -2.82. The fourth-order valence-corrected chi connectivity index (χ4v) is 2.62. The number of nitrogens with one attached hydrogen (secondary N) is 1. The molecule has 0 bridgehead atoms. The molecule has 0 saturated heterocycles. The molecule has 0 heterocycles. The quantitative estimate of drug-likeness (QED) is 0.825. The van der Waals surface area contributed by atoms with Crippen molar-refractivity contribution in [3.05, 3.63) is 59.2 Å². The first kappa shape index (κ1) is 19.5. The van der Waals surface area contributed by atoms with Gasteiger partial charge in [0.15, 0.2) is 0 Å². The van der Waals surface area contributed by atoms with Gasteiger partial charge in [0.1, 0.15) is 5.75 Å². The van der Waals surface area contributed by atoms with Crippen LogP contribution in [0.15, 0.2) is 42.5 Å². The average molecular weight is 354 g/mol. The molecule has 5 heteroatoms. The predicted molar refractivity (Wildman–Crippen MR) is 103 cm³/mol. The van der Waals surface area contributed by atoms with Gasteiger partial charge < -0.3 is 15.0 Å². The minimum absolute atomic E-state index is 0.0552. The number of rotatable bonds is 7. The molecule has 0 saturated carbocycles. The molecule has 2 rings (SSSR count). The molecular weight excluding hydrogens is 328 g/mol. The number of hydrogen-bond donors (Lipinski definition) is 1. The van der Waals surface area contributed by atoms with Crippen LogP contribution in [0.3, 0.4) is 0 Å². The van der Waals surface area contributed by atoms with Crippen molar-refractivity contribution in [3.8, 4) is 5.75 Å². The highest BCUT2D eigenvalue weighted by Crippen LogP contribution is 2.17. The lowest BCUT2D eigenvalue weighted by Gasteiger charge is -2.21. The van der Waals surface area contributed by atoms with Crippen LogP contribution in [-0.4, -0.2) is 30.4 Å². The van der Waals surface area contributed by atoms with Crippen LogP contribution < -0.4 is 10.1 Å². The highest BCUT2D eigenvalue weighted by Gasteiger charge is 2.13. The minimum Gasteiger partial charge on any atom is -0.497 e. The molecule has 2 aromatic rings. The van der Waals surface area contributed by atoms with Crippen LogP contribution in [0.25, 0.3) is 0 Å². The molecule has 2 aromatic carbocycles. The molecule has 0 aromatic heterocycles. The SMILES string of the molecule is COc1ccc(CN(CCC(=O)Nc2cc(C)ccc2C)C(C)=O)cc1. The molecule has 0 radical (unpaired) electrons. The van der Waals surface area contributed by atoms with Gasteiger partial charge in [-0.05, 0) is 48.7 Å². The monoisotopic (exact) mass is 354 g/mol. The van der Waals surface area contributed by atoms with E-state index in [2.05, 4.69) is 5.32 Å². The van der Waals surface area contributed by atoms with Gasteiger partial charge in [0, 0.05) is 32.1 Å². The fourth-order valence-electron chi connectivity index (χ4n) is 2.62. The third kappa shape index (κ3) is 5.62. The Balaban J connectivity index is 1.93. The number of amides is 2. The van der Waals surface area contributed by atoms with Gasteiger partial charge in [0.2, 0.25) is 11.8 Å². The maximum Gasteiger partial charge on any atom is 0.226 e. The topological polar surface area (TPSA) is 58.6 Å². The number of carbonyl (C=O) groups excluding carboxylic acids is 2. The van der Waals surface area contributed by atoms with Gasteiger partial charge in [0.05, 0.1) is 7.11 Å². The van der Waals surface area contributed by atoms with Crippen LogP contribution >= 0.6 is 0 Å². The molecule has 0 spiro atoms. The predicted octanol–water partition coefficient (Wildman–Crippen LogP) is 3.69. The molecule has 0 aliphatic heterocycles. The summed E-state index contributed by atoms with van der Waals surface area (Å²) in [6, 6.07) is 13.5. The lowest BCUT2D eigenvalue weighted by molar-refractivity contribution is -0.129. The van der Waals surface area contributed by atoms with Crippen LogP contribution in [0.2, 0.25) is 0 Å². The Kier molecular flexibility index (Phi) is 6.78. The van der Waals surface area contributed by atoms with Crippen molar-refractivity contribution in [1.82, 2.24) is 4.90 Å². The van der Waals surface area contributed by atoms with Gasteiger partial charge in [-0.3, -0.25) is 9.59 Å². The van der Waals surface area contributed by atoms with Crippen LogP contribution in [0.5, 0.6) is 5.75 Å². The van der Waals surface area contributed by atoms with E-state index in [-0.39, 0.29) is 18.2 Å². The summed E-state index contributed by atoms with van der Waals surface area (Å²) in [4.78, 5) is 25.9. The number of aryl methyl sites for hydroxylation is 2. The van der Waals surface area contributed by atoms with Crippen LogP contribution in [-0.2, 0) is 16.1 Å². The first-order valence-corrected chi connectivity index (χ1v) is 8.64. The van der Waals surface area contributed by atoms with Crippen molar-refractivity contribution in [2.24, 2.45) is 0 Å². The zero-order valence-corrected chi connectivity index (χ0v) is 15.8. The number of nitrogens with zero attached hydrogens (tertiary/aromatic N) is 1. The molecule has 1 N–H and O–H groups in total. The van der Waals surface area contributed by atoms with Crippen molar-refractivity contribution < 1.29 is 14.3 Å². The van der Waals surface area contributed by atoms with E-state index in [0.29, 0.717) is 13.1 Å². The molecule has 26 heavy (non-hydrogen) atoms. The van der Waals surface area contributed by atoms with E-state index in [1.54, 1.807) is 12.0 Å². The van der Waals surface area contributed by atoms with Gasteiger partial charge in [0.25, 0.3) is 0 Å². The van der Waals surface area contributed by atoms with Gasteiger partial charge in [-0.1, -0.05) is 24.3 Å². The van der Waals surface area contributed by atoms with Crippen molar-refractivity contribution >= 4 is 17.5 Å². The number of hydrogen-bond acceptors (Lipinski definition) is 3. The minimum atomic E-state index is -0.0975. The van der Waals surface area contributed by atoms with Crippen molar-refractivity contribution in [2.45, 2.75) is 33.7 Å². The number of anilines is 1. The maximum atomic E-state index is 12.3. The lowest BCUT2D eigenvalue weighted by atomic mass is 10.1. The Morgan fingerprint density at radius 3 is 2.38 bits per heavy atom. The van der Waals surface area contributed by atoms with Crippen LogP contribution in [0.4, 0.5) is 5.69 Å². The highest BCUT2D eigenvalue weighted by molar-refractivity contribution is 5.92. The number of ether oxygens (including phenoxy) is 1. The molecule has 0 fully saturated rings. The molecule has 5 nitrogen and oxygen atoms in total. The Labute approximate surface area is 155 Å². The summed E-state index contributed by atoms with van der Waals surface area (Å²) >= 11 is 0. The van der Waals surface area contributed by atoms with Crippen molar-refractivity contribution in [2.75, 3.05) is 19.0 Å². The van der Waals surface area contributed by atoms with Gasteiger partial charge in [-0.2, -0.15) is 0 Å². The van der Waals surface area contributed by atoms with Gasteiger partial charge in [-0.25, -0.2) is 0 Å². The molecule has 0 aliphatic carbocycles. The molecular formula is C21H26N2O3. The molecule has 0 unspecified atom stereocenters. The average Bonchev–Trinajstić information content (AvgIpc) is 2.62. The van der Waals surface area contributed by atoms with E-state index in [1.807, 2.05) is 56.3 Å². The third-order valence-electron chi connectivity index (χ3n) is 4.25. The van der Waals surface area contributed by atoms with Gasteiger partial charge >= 0.3 is 0 Å². The second kappa shape index (κ2) is 9.04. The van der Waals surface area contributed by atoms with E-state index in [9.17, 15) is 9.59 Å². The Bertz CT molecular complexity index is 769. The molecule has 2 amide bonds. The lowest BCUT2D eigenvalue weighted by Crippen LogP contribution is -2.31. The van der Waals surface area contributed by atoms with Gasteiger partial charge in [-0.15, -0.1) is 0 Å². The molecule has 0 atom stereocenters. The van der Waals surface area contributed by atoms with Crippen LogP contribution in [0.1, 0.15) is 30.0 Å².